The average molecular weight is 354 g/mol. The highest BCUT2D eigenvalue weighted by molar-refractivity contribution is 5.96. The van der Waals surface area contributed by atoms with E-state index in [0.29, 0.717) is 22.8 Å². The summed E-state index contributed by atoms with van der Waals surface area (Å²) in [6.45, 7) is 1.54. The maximum atomic E-state index is 12.5. The number of aromatic nitrogens is 2. The van der Waals surface area contributed by atoms with Crippen LogP contribution in [0.4, 0.5) is 11.5 Å². The van der Waals surface area contributed by atoms with Gasteiger partial charge >= 0.3 is 5.97 Å². The minimum absolute atomic E-state index is 0.0825. The van der Waals surface area contributed by atoms with E-state index in [0.717, 1.165) is 38.8 Å². The van der Waals surface area contributed by atoms with Crippen molar-refractivity contribution in [3.05, 3.63) is 47.9 Å². The number of likely N-dealkylation sites (tertiary alicyclic amines) is 1. The molecule has 0 saturated carbocycles. The number of esters is 1. The smallest absolute Gasteiger partial charge is 0.339 e. The maximum absolute atomic E-state index is 12.5. The SMILES string of the molecule is COC(=O)c1ccccc1Nc1cnc(C(=O)N2CCCCCC2)cn1. The lowest BCUT2D eigenvalue weighted by atomic mass is 10.2. The van der Waals surface area contributed by atoms with E-state index in [2.05, 4.69) is 15.3 Å². The van der Waals surface area contributed by atoms with E-state index in [9.17, 15) is 9.59 Å². The molecule has 1 fully saturated rings. The topological polar surface area (TPSA) is 84.4 Å². The van der Waals surface area contributed by atoms with Crippen molar-refractivity contribution in [2.45, 2.75) is 25.7 Å². The number of anilines is 2. The molecule has 7 nitrogen and oxygen atoms in total. The minimum atomic E-state index is -0.436. The lowest BCUT2D eigenvalue weighted by Crippen LogP contribution is -2.32. The summed E-state index contributed by atoms with van der Waals surface area (Å²) in [5.74, 6) is -0.0660. The van der Waals surface area contributed by atoms with Crippen LogP contribution in [0.25, 0.3) is 0 Å². The zero-order chi connectivity index (χ0) is 18.4. The van der Waals surface area contributed by atoms with Crippen LogP contribution in [-0.2, 0) is 4.74 Å². The number of nitrogens with zero attached hydrogens (tertiary/aromatic N) is 3. The predicted octanol–water partition coefficient (Wildman–Crippen LogP) is 3.02. The van der Waals surface area contributed by atoms with Crippen LogP contribution in [0.1, 0.15) is 46.5 Å². The summed E-state index contributed by atoms with van der Waals surface area (Å²) < 4.78 is 4.78. The molecule has 0 radical (unpaired) electrons. The number of nitrogens with one attached hydrogen (secondary N) is 1. The van der Waals surface area contributed by atoms with Crippen LogP contribution < -0.4 is 5.32 Å². The fourth-order valence-electron chi connectivity index (χ4n) is 2.96. The molecule has 1 saturated heterocycles. The Morgan fingerprint density at radius 1 is 1.04 bits per heavy atom. The molecule has 26 heavy (non-hydrogen) atoms. The molecule has 2 aromatic rings. The highest BCUT2D eigenvalue weighted by Crippen LogP contribution is 2.20. The monoisotopic (exact) mass is 354 g/mol. The lowest BCUT2D eigenvalue weighted by molar-refractivity contribution is 0.0601. The Kier molecular flexibility index (Phi) is 5.78. The largest absolute Gasteiger partial charge is 0.465 e. The van der Waals surface area contributed by atoms with Gasteiger partial charge in [-0.2, -0.15) is 0 Å². The van der Waals surface area contributed by atoms with Gasteiger partial charge in [0.25, 0.3) is 5.91 Å². The van der Waals surface area contributed by atoms with Crippen molar-refractivity contribution in [1.82, 2.24) is 14.9 Å². The molecule has 0 spiro atoms. The van der Waals surface area contributed by atoms with Crippen LogP contribution >= 0.6 is 0 Å². The zero-order valence-electron chi connectivity index (χ0n) is 14.8. The van der Waals surface area contributed by atoms with E-state index in [1.165, 1.54) is 19.5 Å². The molecule has 0 unspecified atom stereocenters. The summed E-state index contributed by atoms with van der Waals surface area (Å²) >= 11 is 0. The van der Waals surface area contributed by atoms with Gasteiger partial charge in [-0.25, -0.2) is 14.8 Å². The first-order valence-corrected chi connectivity index (χ1v) is 8.74. The van der Waals surface area contributed by atoms with Crippen molar-refractivity contribution in [1.29, 1.82) is 0 Å². The van der Waals surface area contributed by atoms with Gasteiger partial charge in [-0.3, -0.25) is 4.79 Å². The first-order chi connectivity index (χ1) is 12.7. The minimum Gasteiger partial charge on any atom is -0.465 e. The number of ether oxygens (including phenoxy) is 1. The normalized spacial score (nSPS) is 14.4. The molecule has 7 heteroatoms. The molecule has 1 aromatic heterocycles. The summed E-state index contributed by atoms with van der Waals surface area (Å²) in [4.78, 5) is 34.7. The van der Waals surface area contributed by atoms with Gasteiger partial charge in [0.15, 0.2) is 0 Å². The number of amides is 1. The fraction of sp³-hybridized carbons (Fsp3) is 0.368. The van der Waals surface area contributed by atoms with Crippen LogP contribution in [0.5, 0.6) is 0 Å². The van der Waals surface area contributed by atoms with Crippen LogP contribution in [0.15, 0.2) is 36.7 Å². The summed E-state index contributed by atoms with van der Waals surface area (Å²) in [5.41, 5.74) is 1.31. The van der Waals surface area contributed by atoms with E-state index in [1.807, 2.05) is 4.90 Å². The molecule has 1 aliphatic rings. The van der Waals surface area contributed by atoms with Gasteiger partial charge in [0, 0.05) is 13.1 Å². The number of para-hydroxylation sites is 1. The molecule has 2 heterocycles. The number of hydrogen-bond donors (Lipinski definition) is 1. The number of benzene rings is 1. The molecule has 0 aliphatic carbocycles. The first kappa shape index (κ1) is 17.8. The van der Waals surface area contributed by atoms with E-state index >= 15 is 0 Å². The van der Waals surface area contributed by atoms with Gasteiger partial charge in [0.05, 0.1) is 30.8 Å². The van der Waals surface area contributed by atoms with Gasteiger partial charge in [-0.15, -0.1) is 0 Å². The Labute approximate surface area is 152 Å². The Morgan fingerprint density at radius 2 is 1.77 bits per heavy atom. The van der Waals surface area contributed by atoms with Crippen LogP contribution in [-0.4, -0.2) is 46.9 Å². The van der Waals surface area contributed by atoms with Crippen LogP contribution in [0.3, 0.4) is 0 Å². The second-order valence-electron chi connectivity index (χ2n) is 6.16. The Hall–Kier alpha value is -2.96. The molecule has 136 valence electrons. The second-order valence-corrected chi connectivity index (χ2v) is 6.16. The van der Waals surface area contributed by atoms with Crippen molar-refractivity contribution in [2.75, 3.05) is 25.5 Å². The van der Waals surface area contributed by atoms with E-state index in [4.69, 9.17) is 4.74 Å². The molecule has 1 N–H and O–H groups in total. The quantitative estimate of drug-likeness (QED) is 0.850. The van der Waals surface area contributed by atoms with Crippen LogP contribution in [0, 0.1) is 0 Å². The fourth-order valence-corrected chi connectivity index (χ4v) is 2.96. The molecule has 1 aromatic carbocycles. The molecule has 0 atom stereocenters. The van der Waals surface area contributed by atoms with Crippen molar-refractivity contribution < 1.29 is 14.3 Å². The van der Waals surface area contributed by atoms with E-state index < -0.39 is 5.97 Å². The summed E-state index contributed by atoms with van der Waals surface area (Å²) in [6.07, 6.45) is 7.36. The number of carbonyl (C=O) groups is 2. The summed E-state index contributed by atoms with van der Waals surface area (Å²) in [5, 5.41) is 3.04. The van der Waals surface area contributed by atoms with Crippen LogP contribution in [0.2, 0.25) is 0 Å². The molecule has 1 amide bonds. The van der Waals surface area contributed by atoms with Crippen molar-refractivity contribution in [3.63, 3.8) is 0 Å². The third kappa shape index (κ3) is 4.17. The maximum Gasteiger partial charge on any atom is 0.339 e. The van der Waals surface area contributed by atoms with Crippen molar-refractivity contribution in [3.8, 4) is 0 Å². The third-order valence-electron chi connectivity index (χ3n) is 4.36. The molecule has 3 rings (SSSR count). The molecular formula is C19H22N4O3. The zero-order valence-corrected chi connectivity index (χ0v) is 14.8. The highest BCUT2D eigenvalue weighted by Gasteiger charge is 2.19. The van der Waals surface area contributed by atoms with Gasteiger partial charge in [-0.1, -0.05) is 25.0 Å². The summed E-state index contributed by atoms with van der Waals surface area (Å²) in [6, 6.07) is 6.98. The number of carbonyl (C=O) groups excluding carboxylic acids is 2. The standard InChI is InChI=1S/C19H22N4O3/c1-26-19(25)14-8-4-5-9-15(14)22-17-13-20-16(12-21-17)18(24)23-10-6-2-3-7-11-23/h4-5,8-9,12-13H,2-3,6-7,10-11H2,1H3,(H,21,22). The van der Waals surface area contributed by atoms with Gasteiger partial charge < -0.3 is 15.0 Å². The van der Waals surface area contributed by atoms with Gasteiger partial charge in [0.2, 0.25) is 0 Å². The Balaban J connectivity index is 1.72. The number of methoxy groups -OCH3 is 1. The Bertz CT molecular complexity index is 769. The summed E-state index contributed by atoms with van der Waals surface area (Å²) in [7, 11) is 1.34. The highest BCUT2D eigenvalue weighted by atomic mass is 16.5. The van der Waals surface area contributed by atoms with Gasteiger partial charge in [-0.05, 0) is 25.0 Å². The van der Waals surface area contributed by atoms with E-state index in [1.54, 1.807) is 24.3 Å². The third-order valence-corrected chi connectivity index (χ3v) is 4.36. The van der Waals surface area contributed by atoms with E-state index in [-0.39, 0.29) is 5.91 Å². The average Bonchev–Trinajstić information content (AvgIpc) is 2.97. The first-order valence-electron chi connectivity index (χ1n) is 8.74. The molecule has 1 aliphatic heterocycles. The molecule has 0 bridgehead atoms. The number of hydrogen-bond acceptors (Lipinski definition) is 6. The predicted molar refractivity (Wildman–Crippen MR) is 97.5 cm³/mol. The lowest BCUT2D eigenvalue weighted by Gasteiger charge is -2.19. The van der Waals surface area contributed by atoms with Gasteiger partial charge in [0.1, 0.15) is 11.5 Å². The second kappa shape index (κ2) is 8.42. The Morgan fingerprint density at radius 3 is 2.42 bits per heavy atom. The molecular weight excluding hydrogens is 332 g/mol. The van der Waals surface area contributed by atoms with Crippen molar-refractivity contribution in [2.24, 2.45) is 0 Å². The number of rotatable bonds is 4. The van der Waals surface area contributed by atoms with Crippen molar-refractivity contribution >= 4 is 23.4 Å².